The van der Waals surface area contributed by atoms with E-state index in [4.69, 9.17) is 5.53 Å². The second kappa shape index (κ2) is 2.80. The Bertz CT molecular complexity index is 102. The van der Waals surface area contributed by atoms with Gasteiger partial charge in [-0.05, 0) is 26.2 Å². The highest BCUT2D eigenvalue weighted by atomic mass is 15.5. The van der Waals surface area contributed by atoms with Crippen molar-refractivity contribution in [2.75, 3.05) is 6.54 Å². The van der Waals surface area contributed by atoms with Crippen molar-refractivity contribution < 1.29 is 0 Å². The number of rotatable bonds is 1. The zero-order chi connectivity index (χ0) is 6.69. The third-order valence-corrected chi connectivity index (χ3v) is 1.90. The van der Waals surface area contributed by atoms with Gasteiger partial charge in [0.15, 0.2) is 0 Å². The van der Waals surface area contributed by atoms with Crippen LogP contribution in [0.3, 0.4) is 0 Å². The molecule has 1 fully saturated rings. The lowest BCUT2D eigenvalue weighted by molar-refractivity contribution is 0.150. The van der Waals surface area contributed by atoms with Crippen LogP contribution < -0.4 is 0 Å². The average molecular weight is 127 g/mol. The molecule has 1 aliphatic heterocycles. The lowest BCUT2D eigenvalue weighted by Gasteiger charge is -2.28. The van der Waals surface area contributed by atoms with Crippen molar-refractivity contribution in [1.29, 1.82) is 5.53 Å². The Hall–Kier alpha value is -0.600. The molecule has 0 aromatic heterocycles. The van der Waals surface area contributed by atoms with E-state index in [9.17, 15) is 0 Å². The van der Waals surface area contributed by atoms with Crippen LogP contribution in [0.1, 0.15) is 26.2 Å². The van der Waals surface area contributed by atoms with Gasteiger partial charge in [0.1, 0.15) is 0 Å². The van der Waals surface area contributed by atoms with E-state index in [1.165, 1.54) is 19.3 Å². The van der Waals surface area contributed by atoms with Crippen LogP contribution in [0.5, 0.6) is 0 Å². The molecule has 0 aromatic rings. The summed E-state index contributed by atoms with van der Waals surface area (Å²) in [6.07, 6.45) is 3.70. The molecule has 1 N–H and O–H groups in total. The van der Waals surface area contributed by atoms with Crippen LogP contribution in [0, 0.1) is 5.53 Å². The van der Waals surface area contributed by atoms with Gasteiger partial charge < -0.3 is 0 Å². The third-order valence-electron chi connectivity index (χ3n) is 1.90. The van der Waals surface area contributed by atoms with Gasteiger partial charge in [-0.25, -0.2) is 0 Å². The van der Waals surface area contributed by atoms with E-state index < -0.39 is 0 Å². The van der Waals surface area contributed by atoms with Crippen LogP contribution in [0.2, 0.25) is 0 Å². The Kier molecular flexibility index (Phi) is 2.03. The molecule has 1 heterocycles. The third kappa shape index (κ3) is 1.40. The van der Waals surface area contributed by atoms with E-state index in [-0.39, 0.29) is 0 Å². The van der Waals surface area contributed by atoms with Crippen LogP contribution in [0.4, 0.5) is 0 Å². The number of hydrogen-bond acceptors (Lipinski definition) is 2. The molecule has 0 amide bonds. The molecule has 1 atom stereocenters. The minimum Gasteiger partial charge on any atom is -0.276 e. The number of nitrogens with one attached hydrogen (secondary N) is 1. The van der Waals surface area contributed by atoms with E-state index >= 15 is 0 Å². The highest BCUT2D eigenvalue weighted by molar-refractivity contribution is 4.67. The monoisotopic (exact) mass is 127 g/mol. The first kappa shape index (κ1) is 6.52. The summed E-state index contributed by atoms with van der Waals surface area (Å²) in [4.78, 5) is 0. The van der Waals surface area contributed by atoms with Crippen molar-refractivity contribution >= 4 is 0 Å². The normalized spacial score (nSPS) is 28.1. The molecule has 1 rings (SSSR count). The predicted molar refractivity (Wildman–Crippen MR) is 35.2 cm³/mol. The van der Waals surface area contributed by atoms with Crippen LogP contribution in [0.25, 0.3) is 0 Å². The topological polar surface area (TPSA) is 39.5 Å². The molecule has 3 nitrogen and oxygen atoms in total. The maximum Gasteiger partial charge on any atom is 0.0459 e. The second-order valence-electron chi connectivity index (χ2n) is 2.61. The molecular formula is C6H13N3. The molecule has 0 radical (unpaired) electrons. The molecular weight excluding hydrogens is 114 g/mol. The second-order valence-corrected chi connectivity index (χ2v) is 2.61. The van der Waals surface area contributed by atoms with Gasteiger partial charge >= 0.3 is 0 Å². The van der Waals surface area contributed by atoms with Crippen molar-refractivity contribution in [3.63, 3.8) is 0 Å². The lowest BCUT2D eigenvalue weighted by Crippen LogP contribution is -2.32. The van der Waals surface area contributed by atoms with Gasteiger partial charge in [0.05, 0.1) is 0 Å². The summed E-state index contributed by atoms with van der Waals surface area (Å²) in [7, 11) is 0. The van der Waals surface area contributed by atoms with Gasteiger partial charge in [0.2, 0.25) is 0 Å². The Labute approximate surface area is 55.5 Å². The molecule has 0 aliphatic carbocycles. The van der Waals surface area contributed by atoms with Crippen LogP contribution in [-0.4, -0.2) is 17.6 Å². The maximum absolute atomic E-state index is 6.78. The van der Waals surface area contributed by atoms with E-state index in [0.29, 0.717) is 6.04 Å². The molecule has 0 saturated carbocycles. The molecule has 3 heteroatoms. The lowest BCUT2D eigenvalue weighted by atomic mass is 10.1. The van der Waals surface area contributed by atoms with Crippen molar-refractivity contribution in [1.82, 2.24) is 5.01 Å². The SMILES string of the molecule is CC1CCCCN1N=N. The van der Waals surface area contributed by atoms with Gasteiger partial charge in [-0.3, -0.25) is 5.01 Å². The van der Waals surface area contributed by atoms with E-state index in [1.807, 2.05) is 5.01 Å². The molecule has 9 heavy (non-hydrogen) atoms. The Morgan fingerprint density at radius 2 is 2.33 bits per heavy atom. The van der Waals surface area contributed by atoms with Gasteiger partial charge in [0.25, 0.3) is 0 Å². The summed E-state index contributed by atoms with van der Waals surface area (Å²) in [5.41, 5.74) is 6.78. The zero-order valence-electron chi connectivity index (χ0n) is 5.80. The molecule has 1 unspecified atom stereocenters. The molecule has 52 valence electrons. The smallest absolute Gasteiger partial charge is 0.0459 e. The fraction of sp³-hybridized carbons (Fsp3) is 1.00. The van der Waals surface area contributed by atoms with Gasteiger partial charge in [-0.1, -0.05) is 5.22 Å². The predicted octanol–water partition coefficient (Wildman–Crippen LogP) is 1.81. The number of hydrogen-bond donors (Lipinski definition) is 1. The largest absolute Gasteiger partial charge is 0.276 e. The van der Waals surface area contributed by atoms with E-state index in [2.05, 4.69) is 12.1 Å². The Morgan fingerprint density at radius 3 is 2.78 bits per heavy atom. The van der Waals surface area contributed by atoms with E-state index in [0.717, 1.165) is 6.54 Å². The van der Waals surface area contributed by atoms with Crippen LogP contribution in [-0.2, 0) is 0 Å². The fourth-order valence-electron chi connectivity index (χ4n) is 1.23. The summed E-state index contributed by atoms with van der Waals surface area (Å²) < 4.78 is 0. The quantitative estimate of drug-likeness (QED) is 0.536. The highest BCUT2D eigenvalue weighted by Gasteiger charge is 2.15. The summed E-state index contributed by atoms with van der Waals surface area (Å²) >= 11 is 0. The van der Waals surface area contributed by atoms with Gasteiger partial charge in [0, 0.05) is 12.6 Å². The van der Waals surface area contributed by atoms with Gasteiger partial charge in [-0.2, -0.15) is 5.53 Å². The van der Waals surface area contributed by atoms with Crippen molar-refractivity contribution in [3.05, 3.63) is 0 Å². The van der Waals surface area contributed by atoms with Gasteiger partial charge in [-0.15, -0.1) is 0 Å². The summed E-state index contributed by atoms with van der Waals surface area (Å²) in [6, 6.07) is 0.497. The highest BCUT2D eigenvalue weighted by Crippen LogP contribution is 2.15. The Balaban J connectivity index is 2.38. The van der Waals surface area contributed by atoms with Crippen LogP contribution in [0.15, 0.2) is 5.22 Å². The minimum absolute atomic E-state index is 0.497. The zero-order valence-corrected chi connectivity index (χ0v) is 5.80. The molecule has 1 aliphatic rings. The van der Waals surface area contributed by atoms with Crippen LogP contribution >= 0.6 is 0 Å². The average Bonchev–Trinajstić information content (AvgIpc) is 1.89. The number of piperidine rings is 1. The summed E-state index contributed by atoms with van der Waals surface area (Å²) in [5.74, 6) is 0. The molecule has 1 saturated heterocycles. The Morgan fingerprint density at radius 1 is 1.56 bits per heavy atom. The molecule has 0 spiro atoms. The first-order chi connectivity index (χ1) is 4.34. The fourth-order valence-corrected chi connectivity index (χ4v) is 1.23. The van der Waals surface area contributed by atoms with Crippen molar-refractivity contribution in [2.24, 2.45) is 5.22 Å². The molecule has 0 bridgehead atoms. The van der Waals surface area contributed by atoms with Crippen molar-refractivity contribution in [3.8, 4) is 0 Å². The number of nitrogens with zero attached hydrogens (tertiary/aromatic N) is 2. The maximum atomic E-state index is 6.78. The van der Waals surface area contributed by atoms with Crippen molar-refractivity contribution in [2.45, 2.75) is 32.2 Å². The minimum atomic E-state index is 0.497. The summed E-state index contributed by atoms with van der Waals surface area (Å²) in [6.45, 7) is 3.10. The first-order valence-electron chi connectivity index (χ1n) is 3.48. The first-order valence-corrected chi connectivity index (χ1v) is 3.48. The standard InChI is InChI=1S/C6H13N3/c1-6-4-2-3-5-9(6)8-7/h6-7H,2-5H2,1H3. The summed E-state index contributed by atoms with van der Waals surface area (Å²) in [5, 5.41) is 5.26. The molecule has 0 aromatic carbocycles. The van der Waals surface area contributed by atoms with E-state index in [1.54, 1.807) is 0 Å².